The first-order chi connectivity index (χ1) is 6.65. The molecule has 0 aliphatic carbocycles. The van der Waals surface area contributed by atoms with Crippen LogP contribution in [0.4, 0.5) is 0 Å². The van der Waals surface area contributed by atoms with Crippen molar-refractivity contribution < 1.29 is 4.79 Å². The van der Waals surface area contributed by atoms with Crippen LogP contribution in [0.5, 0.6) is 0 Å². The molecule has 0 radical (unpaired) electrons. The Kier molecular flexibility index (Phi) is 3.97. The van der Waals surface area contributed by atoms with Crippen molar-refractivity contribution in [2.75, 3.05) is 13.1 Å². The Morgan fingerprint density at radius 2 is 2.00 bits per heavy atom. The molecule has 1 N–H and O–H groups in total. The van der Waals surface area contributed by atoms with Gasteiger partial charge in [-0.3, -0.25) is 10.1 Å². The lowest BCUT2D eigenvalue weighted by Gasteiger charge is -2.22. The Labute approximate surface area is 85.9 Å². The molecule has 1 aliphatic rings. The number of terminal acetylenes is 1. The van der Waals surface area contributed by atoms with Crippen LogP contribution in [0.3, 0.4) is 0 Å². The quantitative estimate of drug-likeness (QED) is 0.668. The van der Waals surface area contributed by atoms with Crippen LogP contribution < -0.4 is 5.32 Å². The van der Waals surface area contributed by atoms with Gasteiger partial charge in [0.15, 0.2) is 0 Å². The molecule has 1 rings (SSSR count). The lowest BCUT2D eigenvalue weighted by atomic mass is 10.2. The highest BCUT2D eigenvalue weighted by Crippen LogP contribution is 2.08. The van der Waals surface area contributed by atoms with Crippen LogP contribution in [-0.2, 0) is 4.79 Å². The van der Waals surface area contributed by atoms with Gasteiger partial charge in [-0.15, -0.1) is 6.42 Å². The van der Waals surface area contributed by atoms with Crippen molar-refractivity contribution >= 4 is 5.91 Å². The van der Waals surface area contributed by atoms with E-state index in [0.717, 1.165) is 25.9 Å². The maximum Gasteiger partial charge on any atom is 0.239 e. The molecule has 2 atom stereocenters. The summed E-state index contributed by atoms with van der Waals surface area (Å²) in [6.45, 7) is 5.55. The molecule has 0 saturated carbocycles. The van der Waals surface area contributed by atoms with Gasteiger partial charge >= 0.3 is 0 Å². The first kappa shape index (κ1) is 11.1. The summed E-state index contributed by atoms with van der Waals surface area (Å²) in [5.41, 5.74) is 0. The number of amides is 1. The first-order valence-electron chi connectivity index (χ1n) is 5.16. The molecule has 3 nitrogen and oxygen atoms in total. The van der Waals surface area contributed by atoms with E-state index in [4.69, 9.17) is 6.42 Å². The van der Waals surface area contributed by atoms with Gasteiger partial charge in [0.05, 0.1) is 12.1 Å². The molecule has 0 spiro atoms. The largest absolute Gasteiger partial charge is 0.341 e. The zero-order valence-corrected chi connectivity index (χ0v) is 8.92. The second-order valence-electron chi connectivity index (χ2n) is 3.81. The van der Waals surface area contributed by atoms with E-state index >= 15 is 0 Å². The predicted molar refractivity (Wildman–Crippen MR) is 56.7 cm³/mol. The zero-order valence-electron chi connectivity index (χ0n) is 8.92. The fourth-order valence-electron chi connectivity index (χ4n) is 1.71. The van der Waals surface area contributed by atoms with Crippen molar-refractivity contribution in [2.45, 2.75) is 38.8 Å². The average molecular weight is 194 g/mol. The van der Waals surface area contributed by atoms with Gasteiger partial charge in [0.1, 0.15) is 0 Å². The second kappa shape index (κ2) is 5.02. The summed E-state index contributed by atoms with van der Waals surface area (Å²) in [5, 5.41) is 3.08. The van der Waals surface area contributed by atoms with Gasteiger partial charge in [-0.05, 0) is 26.7 Å². The van der Waals surface area contributed by atoms with Crippen molar-refractivity contribution in [2.24, 2.45) is 0 Å². The topological polar surface area (TPSA) is 32.3 Å². The molecule has 1 aliphatic heterocycles. The van der Waals surface area contributed by atoms with Crippen LogP contribution in [0.2, 0.25) is 0 Å². The lowest BCUT2D eigenvalue weighted by molar-refractivity contribution is -0.132. The number of carbonyl (C=O) groups is 1. The van der Waals surface area contributed by atoms with Gasteiger partial charge in [-0.25, -0.2) is 0 Å². The van der Waals surface area contributed by atoms with Gasteiger partial charge in [-0.1, -0.05) is 5.92 Å². The van der Waals surface area contributed by atoms with E-state index in [1.807, 2.05) is 18.7 Å². The number of nitrogens with one attached hydrogen (secondary N) is 1. The molecule has 1 fully saturated rings. The van der Waals surface area contributed by atoms with E-state index in [0.29, 0.717) is 0 Å². The van der Waals surface area contributed by atoms with Crippen molar-refractivity contribution in [1.82, 2.24) is 10.2 Å². The number of carbonyl (C=O) groups excluding carboxylic acids is 1. The summed E-state index contributed by atoms with van der Waals surface area (Å²) in [6.07, 6.45) is 7.49. The van der Waals surface area contributed by atoms with Crippen molar-refractivity contribution in [3.8, 4) is 12.3 Å². The SMILES string of the molecule is C#CC(C)NC(C)C(=O)N1CCCC1. The van der Waals surface area contributed by atoms with Gasteiger partial charge in [0.25, 0.3) is 0 Å². The zero-order chi connectivity index (χ0) is 10.6. The minimum atomic E-state index is -0.167. The third-order valence-electron chi connectivity index (χ3n) is 2.54. The van der Waals surface area contributed by atoms with E-state index in [2.05, 4.69) is 11.2 Å². The van der Waals surface area contributed by atoms with E-state index < -0.39 is 0 Å². The molecule has 0 bridgehead atoms. The standard InChI is InChI=1S/C11H18N2O/c1-4-9(2)12-10(3)11(14)13-7-5-6-8-13/h1,9-10,12H,5-8H2,2-3H3. The average Bonchev–Trinajstić information content (AvgIpc) is 2.69. The summed E-state index contributed by atoms with van der Waals surface area (Å²) in [4.78, 5) is 13.7. The number of rotatable bonds is 3. The Bertz CT molecular complexity index is 238. The Balaban J connectivity index is 2.40. The van der Waals surface area contributed by atoms with E-state index in [9.17, 15) is 4.79 Å². The van der Waals surface area contributed by atoms with Gasteiger partial charge in [0.2, 0.25) is 5.91 Å². The summed E-state index contributed by atoms with van der Waals surface area (Å²) >= 11 is 0. The van der Waals surface area contributed by atoms with Crippen LogP contribution in [0.1, 0.15) is 26.7 Å². The van der Waals surface area contributed by atoms with Crippen LogP contribution in [0, 0.1) is 12.3 Å². The maximum atomic E-state index is 11.8. The van der Waals surface area contributed by atoms with E-state index in [-0.39, 0.29) is 18.0 Å². The monoisotopic (exact) mass is 194 g/mol. The molecule has 1 amide bonds. The normalized spacial score (nSPS) is 20.2. The molecule has 14 heavy (non-hydrogen) atoms. The first-order valence-corrected chi connectivity index (χ1v) is 5.16. The molecule has 2 unspecified atom stereocenters. The summed E-state index contributed by atoms with van der Waals surface area (Å²) in [6, 6.07) is -0.212. The highest BCUT2D eigenvalue weighted by Gasteiger charge is 2.23. The fraction of sp³-hybridized carbons (Fsp3) is 0.727. The number of likely N-dealkylation sites (tertiary alicyclic amines) is 1. The molecular formula is C11H18N2O. The highest BCUT2D eigenvalue weighted by molar-refractivity contribution is 5.81. The highest BCUT2D eigenvalue weighted by atomic mass is 16.2. The van der Waals surface area contributed by atoms with Crippen LogP contribution in [0.15, 0.2) is 0 Å². The van der Waals surface area contributed by atoms with Gasteiger partial charge < -0.3 is 4.90 Å². The summed E-state index contributed by atoms with van der Waals surface area (Å²) in [7, 11) is 0. The minimum Gasteiger partial charge on any atom is -0.341 e. The molecule has 0 aromatic rings. The smallest absolute Gasteiger partial charge is 0.239 e. The van der Waals surface area contributed by atoms with E-state index in [1.165, 1.54) is 0 Å². The molecule has 0 aromatic carbocycles. The lowest BCUT2D eigenvalue weighted by Crippen LogP contribution is -2.46. The third kappa shape index (κ3) is 2.74. The Hall–Kier alpha value is -1.01. The fourth-order valence-corrected chi connectivity index (χ4v) is 1.71. The van der Waals surface area contributed by atoms with Gasteiger partial charge in [0, 0.05) is 13.1 Å². The molecule has 1 heterocycles. The molecule has 78 valence electrons. The maximum absolute atomic E-state index is 11.8. The summed E-state index contributed by atoms with van der Waals surface area (Å²) in [5.74, 6) is 2.73. The minimum absolute atomic E-state index is 0.0449. The van der Waals surface area contributed by atoms with Crippen molar-refractivity contribution in [1.29, 1.82) is 0 Å². The Morgan fingerprint density at radius 3 is 2.50 bits per heavy atom. The summed E-state index contributed by atoms with van der Waals surface area (Å²) < 4.78 is 0. The Morgan fingerprint density at radius 1 is 1.43 bits per heavy atom. The number of nitrogens with zero attached hydrogens (tertiary/aromatic N) is 1. The van der Waals surface area contributed by atoms with Crippen LogP contribution in [-0.4, -0.2) is 36.0 Å². The van der Waals surface area contributed by atoms with Crippen LogP contribution in [0.25, 0.3) is 0 Å². The van der Waals surface area contributed by atoms with E-state index in [1.54, 1.807) is 0 Å². The number of hydrogen-bond acceptors (Lipinski definition) is 2. The second-order valence-corrected chi connectivity index (χ2v) is 3.81. The van der Waals surface area contributed by atoms with Crippen molar-refractivity contribution in [3.05, 3.63) is 0 Å². The number of hydrogen-bond donors (Lipinski definition) is 1. The van der Waals surface area contributed by atoms with Gasteiger partial charge in [-0.2, -0.15) is 0 Å². The predicted octanol–water partition coefficient (Wildman–Crippen LogP) is 0.609. The molecule has 1 saturated heterocycles. The van der Waals surface area contributed by atoms with Crippen molar-refractivity contribution in [3.63, 3.8) is 0 Å². The third-order valence-corrected chi connectivity index (χ3v) is 2.54. The molecule has 3 heteroatoms. The molecular weight excluding hydrogens is 176 g/mol. The molecule has 0 aromatic heterocycles. The van der Waals surface area contributed by atoms with Crippen LogP contribution >= 0.6 is 0 Å².